The van der Waals surface area contributed by atoms with Crippen molar-refractivity contribution in [3.63, 3.8) is 0 Å². The predicted octanol–water partition coefficient (Wildman–Crippen LogP) is 5.32. The normalized spacial score (nSPS) is 11.1. The van der Waals surface area contributed by atoms with Crippen LogP contribution in [0, 0.1) is 12.3 Å². The fourth-order valence-electron chi connectivity index (χ4n) is 2.75. The molecular formula is C21H17ClF3N5O. The standard InChI is InChI=1S/C21H17ClF3N5O/c1-12-3-2-4-15(29-12)10-27-19-16(9-26)18(22)17(11-28-19)20(31)30-14-7-5-13(6-8-14)21(23,24)25/h2-9,11,26H,10H2,1H3,(H,27,28)(H,30,31). The second-order valence-electron chi connectivity index (χ2n) is 6.55. The Balaban J connectivity index is 1.77. The molecule has 1 aromatic carbocycles. The minimum Gasteiger partial charge on any atom is -0.364 e. The molecular weight excluding hydrogens is 431 g/mol. The van der Waals surface area contributed by atoms with Gasteiger partial charge in [0.25, 0.3) is 5.91 Å². The molecule has 10 heteroatoms. The van der Waals surface area contributed by atoms with Gasteiger partial charge in [0, 0.05) is 23.8 Å². The van der Waals surface area contributed by atoms with Crippen LogP contribution in [0.2, 0.25) is 5.02 Å². The summed E-state index contributed by atoms with van der Waals surface area (Å²) in [4.78, 5) is 21.1. The molecule has 2 aromatic heterocycles. The molecule has 0 atom stereocenters. The molecule has 0 aliphatic heterocycles. The lowest BCUT2D eigenvalue weighted by Gasteiger charge is -2.13. The van der Waals surface area contributed by atoms with Gasteiger partial charge in [0.2, 0.25) is 0 Å². The second-order valence-corrected chi connectivity index (χ2v) is 6.92. The zero-order valence-corrected chi connectivity index (χ0v) is 17.0. The van der Waals surface area contributed by atoms with E-state index in [0.717, 1.165) is 41.9 Å². The van der Waals surface area contributed by atoms with Gasteiger partial charge in [-0.15, -0.1) is 0 Å². The van der Waals surface area contributed by atoms with Crippen LogP contribution >= 0.6 is 11.6 Å². The number of pyridine rings is 2. The summed E-state index contributed by atoms with van der Waals surface area (Å²) in [6.07, 6.45) is -2.26. The Hall–Kier alpha value is -3.46. The molecule has 0 saturated heterocycles. The first kappa shape index (κ1) is 22.2. The number of alkyl halides is 3. The zero-order chi connectivity index (χ0) is 22.6. The Bertz CT molecular complexity index is 1120. The molecule has 3 aromatic rings. The van der Waals surface area contributed by atoms with E-state index >= 15 is 0 Å². The number of aryl methyl sites for hydroxylation is 1. The smallest absolute Gasteiger partial charge is 0.364 e. The molecule has 31 heavy (non-hydrogen) atoms. The van der Waals surface area contributed by atoms with Crippen LogP contribution in [0.25, 0.3) is 0 Å². The number of benzene rings is 1. The van der Waals surface area contributed by atoms with Crippen LogP contribution in [-0.2, 0) is 12.7 Å². The zero-order valence-electron chi connectivity index (χ0n) is 16.2. The maximum atomic E-state index is 12.7. The average molecular weight is 448 g/mol. The summed E-state index contributed by atoms with van der Waals surface area (Å²) in [7, 11) is 0. The minimum absolute atomic E-state index is 0.00545. The van der Waals surface area contributed by atoms with Gasteiger partial charge >= 0.3 is 6.18 Å². The van der Waals surface area contributed by atoms with Crippen molar-refractivity contribution in [2.45, 2.75) is 19.6 Å². The van der Waals surface area contributed by atoms with Crippen LogP contribution < -0.4 is 10.6 Å². The number of hydrogen-bond donors (Lipinski definition) is 3. The third-order valence-corrected chi connectivity index (χ3v) is 4.70. The van der Waals surface area contributed by atoms with Crippen molar-refractivity contribution in [2.24, 2.45) is 0 Å². The number of nitrogens with zero attached hydrogens (tertiary/aromatic N) is 2. The first-order chi connectivity index (χ1) is 14.7. The first-order valence-corrected chi connectivity index (χ1v) is 9.41. The average Bonchev–Trinajstić information content (AvgIpc) is 2.72. The lowest BCUT2D eigenvalue weighted by atomic mass is 10.1. The van der Waals surface area contributed by atoms with Crippen molar-refractivity contribution in [3.05, 3.63) is 81.8 Å². The third-order valence-electron chi connectivity index (χ3n) is 4.29. The molecule has 3 rings (SSSR count). The number of aromatic nitrogens is 2. The van der Waals surface area contributed by atoms with Crippen LogP contribution in [0.4, 0.5) is 24.7 Å². The van der Waals surface area contributed by atoms with Gasteiger partial charge in [-0.2, -0.15) is 13.2 Å². The van der Waals surface area contributed by atoms with Gasteiger partial charge in [0.1, 0.15) is 5.82 Å². The maximum Gasteiger partial charge on any atom is 0.416 e. The quantitative estimate of drug-likeness (QED) is 0.446. The largest absolute Gasteiger partial charge is 0.416 e. The van der Waals surface area contributed by atoms with Crippen molar-refractivity contribution in [3.8, 4) is 0 Å². The van der Waals surface area contributed by atoms with Crippen molar-refractivity contribution < 1.29 is 18.0 Å². The molecule has 2 heterocycles. The van der Waals surface area contributed by atoms with E-state index in [-0.39, 0.29) is 21.8 Å². The Morgan fingerprint density at radius 1 is 1.19 bits per heavy atom. The number of rotatable bonds is 6. The molecule has 3 N–H and O–H groups in total. The van der Waals surface area contributed by atoms with Gasteiger partial charge in [-0.25, -0.2) is 4.98 Å². The van der Waals surface area contributed by atoms with E-state index in [4.69, 9.17) is 17.0 Å². The van der Waals surface area contributed by atoms with Gasteiger partial charge in [-0.05, 0) is 43.3 Å². The van der Waals surface area contributed by atoms with Gasteiger partial charge in [0.05, 0.1) is 34.0 Å². The number of nitrogens with one attached hydrogen (secondary N) is 3. The van der Waals surface area contributed by atoms with E-state index in [1.807, 2.05) is 25.1 Å². The van der Waals surface area contributed by atoms with Crippen molar-refractivity contribution in [1.29, 1.82) is 5.41 Å². The molecule has 0 bridgehead atoms. The summed E-state index contributed by atoms with van der Waals surface area (Å²) in [5.74, 6) is -0.360. The van der Waals surface area contributed by atoms with Gasteiger partial charge < -0.3 is 16.0 Å². The summed E-state index contributed by atoms with van der Waals surface area (Å²) < 4.78 is 38.0. The first-order valence-electron chi connectivity index (χ1n) is 9.03. The summed E-state index contributed by atoms with van der Waals surface area (Å²) in [5, 5.41) is 13.1. The molecule has 0 radical (unpaired) electrons. The third kappa shape index (κ3) is 5.37. The maximum absolute atomic E-state index is 12.7. The molecule has 0 fully saturated rings. The summed E-state index contributed by atoms with van der Waals surface area (Å²) in [5.41, 5.74) is 1.15. The molecule has 0 aliphatic rings. The van der Waals surface area contributed by atoms with Crippen LogP contribution in [0.15, 0.2) is 48.7 Å². The van der Waals surface area contributed by atoms with E-state index in [1.54, 1.807) is 0 Å². The van der Waals surface area contributed by atoms with Gasteiger partial charge in [-0.3, -0.25) is 9.78 Å². The molecule has 6 nitrogen and oxygen atoms in total. The molecule has 0 aliphatic carbocycles. The molecule has 1 amide bonds. The minimum atomic E-state index is -4.47. The number of anilines is 2. The SMILES string of the molecule is Cc1cccc(CNc2ncc(C(=O)Nc3ccc(C(F)(F)F)cc3)c(Cl)c2C=N)n1. The highest BCUT2D eigenvalue weighted by Gasteiger charge is 2.30. The second kappa shape index (κ2) is 9.13. The monoisotopic (exact) mass is 447 g/mol. The molecule has 0 unspecified atom stereocenters. The Morgan fingerprint density at radius 2 is 1.90 bits per heavy atom. The fraction of sp³-hybridized carbons (Fsp3) is 0.143. The molecule has 160 valence electrons. The van der Waals surface area contributed by atoms with Crippen LogP contribution in [-0.4, -0.2) is 22.1 Å². The number of hydrogen-bond acceptors (Lipinski definition) is 5. The Kier molecular flexibility index (Phi) is 6.55. The topological polar surface area (TPSA) is 90.8 Å². The number of carbonyl (C=O) groups excluding carboxylic acids is 1. The van der Waals surface area contributed by atoms with E-state index < -0.39 is 17.6 Å². The van der Waals surface area contributed by atoms with Crippen LogP contribution in [0.1, 0.15) is 32.9 Å². The highest BCUT2D eigenvalue weighted by Crippen LogP contribution is 2.30. The summed E-state index contributed by atoms with van der Waals surface area (Å²) in [6, 6.07) is 9.58. The lowest BCUT2D eigenvalue weighted by molar-refractivity contribution is -0.137. The summed E-state index contributed by atoms with van der Waals surface area (Å²) >= 11 is 6.31. The highest BCUT2D eigenvalue weighted by atomic mass is 35.5. The highest BCUT2D eigenvalue weighted by molar-refractivity contribution is 6.37. The van der Waals surface area contributed by atoms with Gasteiger partial charge in [0.15, 0.2) is 0 Å². The van der Waals surface area contributed by atoms with E-state index in [9.17, 15) is 18.0 Å². The van der Waals surface area contributed by atoms with E-state index in [1.165, 1.54) is 6.20 Å². The Labute approximate surface area is 181 Å². The molecule has 0 saturated carbocycles. The van der Waals surface area contributed by atoms with E-state index in [0.29, 0.717) is 12.4 Å². The number of amides is 1. The predicted molar refractivity (Wildman–Crippen MR) is 113 cm³/mol. The van der Waals surface area contributed by atoms with Crippen LogP contribution in [0.3, 0.4) is 0 Å². The Morgan fingerprint density at radius 3 is 2.52 bits per heavy atom. The number of halogens is 4. The van der Waals surface area contributed by atoms with Crippen molar-refractivity contribution in [1.82, 2.24) is 9.97 Å². The molecule has 0 spiro atoms. The van der Waals surface area contributed by atoms with Crippen molar-refractivity contribution >= 4 is 35.2 Å². The fourth-order valence-corrected chi connectivity index (χ4v) is 3.03. The van der Waals surface area contributed by atoms with Crippen LogP contribution in [0.5, 0.6) is 0 Å². The number of carbonyl (C=O) groups is 1. The van der Waals surface area contributed by atoms with Crippen molar-refractivity contribution in [2.75, 3.05) is 10.6 Å². The van der Waals surface area contributed by atoms with Gasteiger partial charge in [-0.1, -0.05) is 17.7 Å². The van der Waals surface area contributed by atoms with E-state index in [2.05, 4.69) is 20.6 Å². The summed E-state index contributed by atoms with van der Waals surface area (Å²) in [6.45, 7) is 2.20. The lowest BCUT2D eigenvalue weighted by Crippen LogP contribution is -2.15.